The van der Waals surface area contributed by atoms with Crippen LogP contribution in [0, 0.1) is 6.92 Å². The summed E-state index contributed by atoms with van der Waals surface area (Å²) in [5.74, 6) is 0. The molecule has 0 unspecified atom stereocenters. The van der Waals surface area contributed by atoms with Crippen LogP contribution in [0.1, 0.15) is 42.5 Å². The van der Waals surface area contributed by atoms with Crippen LogP contribution in [0.15, 0.2) is 18.2 Å². The molecule has 2 N–H and O–H groups in total. The van der Waals surface area contributed by atoms with Crippen molar-refractivity contribution in [2.75, 3.05) is 5.73 Å². The van der Waals surface area contributed by atoms with Gasteiger partial charge in [-0.05, 0) is 24.1 Å². The molecule has 0 bridgehead atoms. The molecule has 0 fully saturated rings. The van der Waals surface area contributed by atoms with Crippen LogP contribution in [0.4, 0.5) is 5.13 Å². The van der Waals surface area contributed by atoms with Gasteiger partial charge in [0.1, 0.15) is 0 Å². The number of hydrogen-bond donors (Lipinski definition) is 1. The molecule has 0 saturated carbocycles. The summed E-state index contributed by atoms with van der Waals surface area (Å²) in [5, 5.41) is 1.45. The van der Waals surface area contributed by atoms with Crippen LogP contribution in [-0.4, -0.2) is 4.98 Å². The molecule has 2 aromatic rings. The fourth-order valence-corrected chi connectivity index (χ4v) is 3.35. The largest absolute Gasteiger partial charge is 0.375 e. The summed E-state index contributed by atoms with van der Waals surface area (Å²) in [6.07, 6.45) is 0.841. The first-order chi connectivity index (χ1) is 8.79. The first-order valence-electron chi connectivity index (χ1n) is 6.28. The van der Waals surface area contributed by atoms with Crippen molar-refractivity contribution in [2.45, 2.75) is 39.5 Å². The smallest absolute Gasteiger partial charge is 0.180 e. The summed E-state index contributed by atoms with van der Waals surface area (Å²) in [5.41, 5.74) is 9.35. The van der Waals surface area contributed by atoms with Crippen LogP contribution >= 0.6 is 22.9 Å². The van der Waals surface area contributed by atoms with Crippen LogP contribution in [0.5, 0.6) is 0 Å². The van der Waals surface area contributed by atoms with Crippen LogP contribution < -0.4 is 5.73 Å². The van der Waals surface area contributed by atoms with Gasteiger partial charge in [-0.3, -0.25) is 0 Å². The minimum Gasteiger partial charge on any atom is -0.375 e. The van der Waals surface area contributed by atoms with Gasteiger partial charge in [0, 0.05) is 21.7 Å². The van der Waals surface area contributed by atoms with E-state index in [9.17, 15) is 0 Å². The first kappa shape index (κ1) is 14.4. The van der Waals surface area contributed by atoms with Crippen molar-refractivity contribution in [2.24, 2.45) is 0 Å². The summed E-state index contributed by atoms with van der Waals surface area (Å²) in [4.78, 5) is 5.73. The molecule has 2 rings (SSSR count). The van der Waals surface area contributed by atoms with E-state index in [4.69, 9.17) is 17.3 Å². The molecular formula is C15H19ClN2S. The van der Waals surface area contributed by atoms with E-state index < -0.39 is 0 Å². The summed E-state index contributed by atoms with van der Waals surface area (Å²) in [6.45, 7) is 8.54. The molecule has 1 heterocycles. The summed E-state index contributed by atoms with van der Waals surface area (Å²) in [7, 11) is 0. The van der Waals surface area contributed by atoms with Crippen molar-refractivity contribution in [3.63, 3.8) is 0 Å². The van der Waals surface area contributed by atoms with Gasteiger partial charge in [-0.15, -0.1) is 11.3 Å². The van der Waals surface area contributed by atoms with Crippen molar-refractivity contribution in [1.82, 2.24) is 4.98 Å². The molecule has 102 valence electrons. The molecule has 0 aliphatic carbocycles. The van der Waals surface area contributed by atoms with Gasteiger partial charge in [0.05, 0.1) is 5.69 Å². The van der Waals surface area contributed by atoms with Gasteiger partial charge in [0.15, 0.2) is 5.13 Å². The number of rotatable bonds is 2. The highest BCUT2D eigenvalue weighted by Crippen LogP contribution is 2.33. The second kappa shape index (κ2) is 5.14. The third kappa shape index (κ3) is 3.10. The Morgan fingerprint density at radius 1 is 1.32 bits per heavy atom. The van der Waals surface area contributed by atoms with Crippen molar-refractivity contribution in [3.8, 4) is 0 Å². The number of hydrogen-bond acceptors (Lipinski definition) is 3. The van der Waals surface area contributed by atoms with Crippen LogP contribution in [0.25, 0.3) is 0 Å². The van der Waals surface area contributed by atoms with E-state index >= 15 is 0 Å². The Kier molecular flexibility index (Phi) is 3.88. The van der Waals surface area contributed by atoms with Gasteiger partial charge >= 0.3 is 0 Å². The van der Waals surface area contributed by atoms with Crippen LogP contribution in [0.2, 0.25) is 5.02 Å². The van der Waals surface area contributed by atoms with Gasteiger partial charge in [-0.25, -0.2) is 4.98 Å². The predicted octanol–water partition coefficient (Wildman–Crippen LogP) is 4.58. The standard InChI is InChI=1S/C15H19ClN2S/c1-9-10(6-5-7-11(9)16)8-12-13(15(2,3)4)18-14(17)19-12/h5-7H,8H2,1-4H3,(H2,17,18). The van der Waals surface area contributed by atoms with E-state index in [1.165, 1.54) is 10.4 Å². The van der Waals surface area contributed by atoms with E-state index in [1.807, 2.05) is 12.1 Å². The lowest BCUT2D eigenvalue weighted by Crippen LogP contribution is -2.14. The highest BCUT2D eigenvalue weighted by molar-refractivity contribution is 7.15. The Balaban J connectivity index is 2.41. The minimum atomic E-state index is 0.00985. The summed E-state index contributed by atoms with van der Waals surface area (Å²) < 4.78 is 0. The SMILES string of the molecule is Cc1c(Cl)cccc1Cc1sc(N)nc1C(C)(C)C. The molecule has 0 saturated heterocycles. The summed E-state index contributed by atoms with van der Waals surface area (Å²) in [6, 6.07) is 6.03. The lowest BCUT2D eigenvalue weighted by molar-refractivity contribution is 0.568. The molecule has 4 heteroatoms. The lowest BCUT2D eigenvalue weighted by atomic mass is 9.89. The average molecular weight is 295 g/mol. The first-order valence-corrected chi connectivity index (χ1v) is 7.48. The lowest BCUT2D eigenvalue weighted by Gasteiger charge is -2.18. The molecule has 19 heavy (non-hydrogen) atoms. The predicted molar refractivity (Wildman–Crippen MR) is 84.2 cm³/mol. The number of anilines is 1. The minimum absolute atomic E-state index is 0.00985. The number of nitrogens with two attached hydrogens (primary N) is 1. The third-order valence-electron chi connectivity index (χ3n) is 3.16. The molecule has 1 aromatic carbocycles. The maximum Gasteiger partial charge on any atom is 0.180 e. The number of aromatic nitrogens is 1. The number of nitrogen functional groups attached to an aromatic ring is 1. The Hall–Kier alpha value is -1.06. The monoisotopic (exact) mass is 294 g/mol. The average Bonchev–Trinajstić information content (AvgIpc) is 2.66. The van der Waals surface area contributed by atoms with Crippen molar-refractivity contribution in [1.29, 1.82) is 0 Å². The fraction of sp³-hybridized carbons (Fsp3) is 0.400. The van der Waals surface area contributed by atoms with Gasteiger partial charge in [-0.1, -0.05) is 44.5 Å². The van der Waals surface area contributed by atoms with Gasteiger partial charge in [0.25, 0.3) is 0 Å². The Morgan fingerprint density at radius 3 is 2.63 bits per heavy atom. The van der Waals surface area contributed by atoms with Crippen molar-refractivity contribution >= 4 is 28.1 Å². The molecule has 0 radical (unpaired) electrons. The zero-order valence-electron chi connectivity index (χ0n) is 11.7. The molecule has 0 amide bonds. The Bertz CT molecular complexity index is 597. The molecule has 0 spiro atoms. The molecule has 0 aliphatic heterocycles. The topological polar surface area (TPSA) is 38.9 Å². The summed E-state index contributed by atoms with van der Waals surface area (Å²) >= 11 is 7.75. The second-order valence-corrected chi connectivity index (χ2v) is 7.30. The van der Waals surface area contributed by atoms with Crippen molar-refractivity contribution < 1.29 is 0 Å². The molecule has 1 aromatic heterocycles. The van der Waals surface area contributed by atoms with Crippen LogP contribution in [0.3, 0.4) is 0 Å². The maximum absolute atomic E-state index is 6.18. The molecule has 0 atom stereocenters. The zero-order chi connectivity index (χ0) is 14.2. The maximum atomic E-state index is 6.18. The fourth-order valence-electron chi connectivity index (χ4n) is 2.09. The molecule has 2 nitrogen and oxygen atoms in total. The molecule has 0 aliphatic rings. The second-order valence-electron chi connectivity index (χ2n) is 5.77. The van der Waals surface area contributed by atoms with Crippen LogP contribution in [-0.2, 0) is 11.8 Å². The normalized spacial score (nSPS) is 11.8. The van der Waals surface area contributed by atoms with E-state index in [2.05, 4.69) is 38.7 Å². The van der Waals surface area contributed by atoms with E-state index in [0.29, 0.717) is 5.13 Å². The molecular weight excluding hydrogens is 276 g/mol. The number of halogens is 1. The van der Waals surface area contributed by atoms with Gasteiger partial charge in [0.2, 0.25) is 0 Å². The number of benzene rings is 1. The van der Waals surface area contributed by atoms with E-state index in [-0.39, 0.29) is 5.41 Å². The highest BCUT2D eigenvalue weighted by atomic mass is 35.5. The highest BCUT2D eigenvalue weighted by Gasteiger charge is 2.23. The van der Waals surface area contributed by atoms with E-state index in [1.54, 1.807) is 11.3 Å². The number of nitrogens with zero attached hydrogens (tertiary/aromatic N) is 1. The van der Waals surface area contributed by atoms with Crippen molar-refractivity contribution in [3.05, 3.63) is 44.9 Å². The van der Waals surface area contributed by atoms with Gasteiger partial charge in [-0.2, -0.15) is 0 Å². The number of thiazole rings is 1. The zero-order valence-corrected chi connectivity index (χ0v) is 13.3. The quantitative estimate of drug-likeness (QED) is 0.881. The third-order valence-corrected chi connectivity index (χ3v) is 4.45. The Labute approximate surface area is 123 Å². The Morgan fingerprint density at radius 2 is 2.00 bits per heavy atom. The van der Waals surface area contributed by atoms with Gasteiger partial charge < -0.3 is 5.73 Å². The van der Waals surface area contributed by atoms with E-state index in [0.717, 1.165) is 22.7 Å².